The van der Waals surface area contributed by atoms with Crippen molar-refractivity contribution < 1.29 is 14.0 Å². The van der Waals surface area contributed by atoms with Crippen molar-refractivity contribution in [1.29, 1.82) is 0 Å². The lowest BCUT2D eigenvalue weighted by molar-refractivity contribution is 0.0951. The van der Waals surface area contributed by atoms with Crippen LogP contribution in [0.15, 0.2) is 47.1 Å². The summed E-state index contributed by atoms with van der Waals surface area (Å²) in [5, 5.41) is 17.7. The monoisotopic (exact) mass is 603 g/mol. The lowest BCUT2D eigenvalue weighted by Crippen LogP contribution is -2.47. The van der Waals surface area contributed by atoms with Gasteiger partial charge in [0, 0.05) is 57.8 Å². The number of oxazole rings is 1. The summed E-state index contributed by atoms with van der Waals surface area (Å²) in [6, 6.07) is 11.8. The van der Waals surface area contributed by atoms with Gasteiger partial charge in [0.1, 0.15) is 6.26 Å². The maximum atomic E-state index is 13.3. The SMILES string of the molecule is Cc1ccccc1N1CCN(c2cc(Cl)c(C(=O)NCCCc3nnnn3C)cc2NC(=O)c2coc(C3CC3)n2)CC1. The van der Waals surface area contributed by atoms with Crippen LogP contribution in [-0.2, 0) is 13.5 Å². The van der Waals surface area contributed by atoms with E-state index in [2.05, 4.69) is 66.1 Å². The molecule has 0 spiro atoms. The Morgan fingerprint density at radius 3 is 2.49 bits per heavy atom. The molecule has 1 aliphatic heterocycles. The summed E-state index contributed by atoms with van der Waals surface area (Å²) in [5.41, 5.74) is 4.17. The number of halogens is 1. The molecule has 224 valence electrons. The van der Waals surface area contributed by atoms with E-state index in [1.54, 1.807) is 23.9 Å². The Balaban J connectivity index is 1.20. The van der Waals surface area contributed by atoms with Crippen molar-refractivity contribution in [3.05, 3.63) is 76.2 Å². The van der Waals surface area contributed by atoms with Crippen LogP contribution in [0.2, 0.25) is 5.02 Å². The number of para-hydroxylation sites is 1. The van der Waals surface area contributed by atoms with E-state index in [0.29, 0.717) is 49.1 Å². The Morgan fingerprint density at radius 2 is 1.79 bits per heavy atom. The van der Waals surface area contributed by atoms with E-state index >= 15 is 0 Å². The van der Waals surface area contributed by atoms with E-state index < -0.39 is 5.91 Å². The van der Waals surface area contributed by atoms with Gasteiger partial charge in [0.25, 0.3) is 11.8 Å². The second-order valence-electron chi connectivity index (χ2n) is 11.0. The quantitative estimate of drug-likeness (QED) is 0.258. The Kier molecular flexibility index (Phi) is 8.28. The number of amides is 2. The molecule has 2 fully saturated rings. The Bertz CT molecular complexity index is 1620. The van der Waals surface area contributed by atoms with E-state index in [4.69, 9.17) is 16.0 Å². The third-order valence-corrected chi connectivity index (χ3v) is 8.22. The predicted octanol–water partition coefficient (Wildman–Crippen LogP) is 3.98. The highest BCUT2D eigenvalue weighted by molar-refractivity contribution is 6.34. The normalized spacial score (nSPS) is 15.0. The van der Waals surface area contributed by atoms with Crippen molar-refractivity contribution >= 4 is 40.5 Å². The molecule has 0 radical (unpaired) electrons. The van der Waals surface area contributed by atoms with Crippen molar-refractivity contribution in [2.75, 3.05) is 47.8 Å². The van der Waals surface area contributed by atoms with E-state index in [0.717, 1.165) is 37.4 Å². The predicted molar refractivity (Wildman–Crippen MR) is 163 cm³/mol. The number of anilines is 3. The molecule has 2 N–H and O–H groups in total. The number of piperazine rings is 1. The molecule has 3 heterocycles. The van der Waals surface area contributed by atoms with Crippen LogP contribution in [-0.4, -0.2) is 69.7 Å². The minimum Gasteiger partial charge on any atom is -0.448 e. The number of benzene rings is 2. The first-order chi connectivity index (χ1) is 20.9. The molecule has 0 unspecified atom stereocenters. The highest BCUT2D eigenvalue weighted by Crippen LogP contribution is 2.39. The van der Waals surface area contributed by atoms with Crippen molar-refractivity contribution in [3.63, 3.8) is 0 Å². The fourth-order valence-corrected chi connectivity index (χ4v) is 5.55. The molecule has 6 rings (SSSR count). The van der Waals surface area contributed by atoms with Crippen molar-refractivity contribution in [1.82, 2.24) is 30.5 Å². The molecule has 0 bridgehead atoms. The molecule has 1 saturated heterocycles. The Labute approximate surface area is 254 Å². The second kappa shape index (κ2) is 12.4. The molecule has 2 aliphatic rings. The largest absolute Gasteiger partial charge is 0.448 e. The summed E-state index contributed by atoms with van der Waals surface area (Å²) in [7, 11) is 1.78. The standard InChI is InChI=1S/C30H34ClN9O3/c1-19-6-3-4-7-25(19)39-12-14-40(15-13-39)26-17-22(31)21(28(41)32-11-5-8-27-35-36-37-38(27)2)16-23(26)33-29(42)24-18-43-30(34-24)20-9-10-20/h3-4,6-7,16-18,20H,5,8-15H2,1-2H3,(H,32,41)(H,33,42). The van der Waals surface area contributed by atoms with Gasteiger partial charge < -0.3 is 24.9 Å². The number of aromatic nitrogens is 5. The topological polar surface area (TPSA) is 134 Å². The molecule has 0 atom stereocenters. The lowest BCUT2D eigenvalue weighted by Gasteiger charge is -2.38. The number of nitrogens with one attached hydrogen (secondary N) is 2. The minimum atomic E-state index is -0.401. The van der Waals surface area contributed by atoms with E-state index in [-0.39, 0.29) is 23.1 Å². The van der Waals surface area contributed by atoms with Crippen LogP contribution < -0.4 is 20.4 Å². The number of nitrogens with zero attached hydrogens (tertiary/aromatic N) is 7. The zero-order chi connectivity index (χ0) is 29.9. The van der Waals surface area contributed by atoms with Gasteiger partial charge >= 0.3 is 0 Å². The fraction of sp³-hybridized carbons (Fsp3) is 0.400. The lowest BCUT2D eigenvalue weighted by atomic mass is 10.1. The van der Waals surface area contributed by atoms with Crippen LogP contribution in [0, 0.1) is 6.92 Å². The van der Waals surface area contributed by atoms with Crippen LogP contribution in [0.3, 0.4) is 0 Å². The first-order valence-electron chi connectivity index (χ1n) is 14.5. The van der Waals surface area contributed by atoms with Gasteiger partial charge in [-0.05, 0) is 60.4 Å². The van der Waals surface area contributed by atoms with E-state index in [9.17, 15) is 9.59 Å². The van der Waals surface area contributed by atoms with Gasteiger partial charge in [-0.25, -0.2) is 9.67 Å². The molecule has 2 aromatic carbocycles. The average molecular weight is 604 g/mol. The summed E-state index contributed by atoms with van der Waals surface area (Å²) in [6.07, 6.45) is 4.70. The van der Waals surface area contributed by atoms with Crippen LogP contribution >= 0.6 is 11.6 Å². The zero-order valence-electron chi connectivity index (χ0n) is 24.2. The number of carbonyl (C=O) groups excluding carboxylic acids is 2. The van der Waals surface area contributed by atoms with Gasteiger partial charge in [-0.3, -0.25) is 9.59 Å². The summed E-state index contributed by atoms with van der Waals surface area (Å²) < 4.78 is 7.15. The van der Waals surface area contributed by atoms with Crippen molar-refractivity contribution in [2.24, 2.45) is 7.05 Å². The first kappa shape index (κ1) is 28.7. The average Bonchev–Trinajstić information content (AvgIpc) is 3.59. The van der Waals surface area contributed by atoms with E-state index in [1.807, 2.05) is 6.07 Å². The Morgan fingerprint density at radius 1 is 1.05 bits per heavy atom. The fourth-order valence-electron chi connectivity index (χ4n) is 5.30. The van der Waals surface area contributed by atoms with Gasteiger partial charge in [0.15, 0.2) is 17.4 Å². The van der Waals surface area contributed by atoms with Crippen LogP contribution in [0.1, 0.15) is 63.3 Å². The summed E-state index contributed by atoms with van der Waals surface area (Å²) in [4.78, 5) is 35.4. The molecule has 2 aromatic heterocycles. The molecule has 4 aromatic rings. The Hall–Kier alpha value is -4.45. The van der Waals surface area contributed by atoms with Crippen molar-refractivity contribution in [2.45, 2.75) is 38.5 Å². The molecular weight excluding hydrogens is 570 g/mol. The molecule has 43 heavy (non-hydrogen) atoms. The first-order valence-corrected chi connectivity index (χ1v) is 14.9. The summed E-state index contributed by atoms with van der Waals surface area (Å²) in [6.45, 7) is 5.55. The van der Waals surface area contributed by atoms with Gasteiger partial charge in [-0.2, -0.15) is 0 Å². The third-order valence-electron chi connectivity index (χ3n) is 7.91. The van der Waals surface area contributed by atoms with Crippen LogP contribution in [0.4, 0.5) is 17.1 Å². The number of aryl methyl sites for hydroxylation is 3. The molecular formula is C30H34ClN9O3. The number of rotatable bonds is 10. The van der Waals surface area contributed by atoms with Gasteiger partial charge in [-0.15, -0.1) is 5.10 Å². The van der Waals surface area contributed by atoms with E-state index in [1.165, 1.54) is 17.5 Å². The summed E-state index contributed by atoms with van der Waals surface area (Å²) >= 11 is 6.71. The van der Waals surface area contributed by atoms with Gasteiger partial charge in [0.2, 0.25) is 0 Å². The molecule has 2 amide bonds. The molecule has 12 nitrogen and oxygen atoms in total. The second-order valence-corrected chi connectivity index (χ2v) is 11.4. The molecule has 13 heteroatoms. The smallest absolute Gasteiger partial charge is 0.277 e. The number of carbonyl (C=O) groups is 2. The third kappa shape index (κ3) is 6.48. The molecule has 1 saturated carbocycles. The number of hydrogen-bond acceptors (Lipinski definition) is 9. The maximum Gasteiger partial charge on any atom is 0.277 e. The number of hydrogen-bond donors (Lipinski definition) is 2. The minimum absolute atomic E-state index is 0.205. The van der Waals surface area contributed by atoms with Gasteiger partial charge in [-0.1, -0.05) is 29.8 Å². The van der Waals surface area contributed by atoms with Crippen LogP contribution in [0.5, 0.6) is 0 Å². The maximum absolute atomic E-state index is 13.3. The van der Waals surface area contributed by atoms with Gasteiger partial charge in [0.05, 0.1) is 22.0 Å². The molecule has 1 aliphatic carbocycles. The zero-order valence-corrected chi connectivity index (χ0v) is 25.0. The highest BCUT2D eigenvalue weighted by atomic mass is 35.5. The number of tetrazole rings is 1. The summed E-state index contributed by atoms with van der Waals surface area (Å²) in [5.74, 6) is 0.886. The highest BCUT2D eigenvalue weighted by Gasteiger charge is 2.30. The van der Waals surface area contributed by atoms with Crippen molar-refractivity contribution in [3.8, 4) is 0 Å². The van der Waals surface area contributed by atoms with Crippen LogP contribution in [0.25, 0.3) is 0 Å².